The third-order valence-corrected chi connectivity index (χ3v) is 3.65. The van der Waals surface area contributed by atoms with E-state index in [0.29, 0.717) is 15.7 Å². The standard InChI is InChI=1S/C17H16ClNO3S/c1-10(2)9-22-17(20)14-8-12(4-5-15(14)18)19-16(23)13-6-7-21-11(13)3/h4-8H,1,9H2,2-3H3,(H,19,23). The van der Waals surface area contributed by atoms with Gasteiger partial charge in [-0.3, -0.25) is 0 Å². The highest BCUT2D eigenvalue weighted by molar-refractivity contribution is 7.81. The highest BCUT2D eigenvalue weighted by Crippen LogP contribution is 2.23. The molecule has 0 aliphatic heterocycles. The van der Waals surface area contributed by atoms with Crippen molar-refractivity contribution < 1.29 is 13.9 Å². The fraction of sp³-hybridized carbons (Fsp3) is 0.176. The van der Waals surface area contributed by atoms with Gasteiger partial charge in [0.1, 0.15) is 17.4 Å². The summed E-state index contributed by atoms with van der Waals surface area (Å²) in [5.41, 5.74) is 2.45. The van der Waals surface area contributed by atoms with E-state index >= 15 is 0 Å². The second-order valence-electron chi connectivity index (χ2n) is 5.07. The van der Waals surface area contributed by atoms with Crippen LogP contribution in [0.5, 0.6) is 0 Å². The van der Waals surface area contributed by atoms with Crippen LogP contribution in [0.15, 0.2) is 47.1 Å². The van der Waals surface area contributed by atoms with Gasteiger partial charge in [0.05, 0.1) is 22.4 Å². The summed E-state index contributed by atoms with van der Waals surface area (Å²) in [6.07, 6.45) is 1.57. The van der Waals surface area contributed by atoms with Gasteiger partial charge in [0, 0.05) is 5.69 Å². The number of furan rings is 1. The van der Waals surface area contributed by atoms with Crippen LogP contribution < -0.4 is 5.32 Å². The van der Waals surface area contributed by atoms with E-state index in [9.17, 15) is 4.79 Å². The summed E-state index contributed by atoms with van der Waals surface area (Å²) in [4.78, 5) is 12.6. The number of carbonyl (C=O) groups excluding carboxylic acids is 1. The van der Waals surface area contributed by atoms with E-state index in [-0.39, 0.29) is 12.2 Å². The predicted octanol–water partition coefficient (Wildman–Crippen LogP) is 4.76. The molecule has 1 heterocycles. The van der Waals surface area contributed by atoms with E-state index in [4.69, 9.17) is 33.0 Å². The number of esters is 1. The molecule has 0 saturated carbocycles. The van der Waals surface area contributed by atoms with Crippen molar-refractivity contribution in [1.29, 1.82) is 0 Å². The molecule has 23 heavy (non-hydrogen) atoms. The third-order valence-electron chi connectivity index (χ3n) is 3.00. The molecule has 4 nitrogen and oxygen atoms in total. The Morgan fingerprint density at radius 1 is 1.39 bits per heavy atom. The molecule has 0 bridgehead atoms. The van der Waals surface area contributed by atoms with E-state index in [1.165, 1.54) is 0 Å². The Kier molecular flexibility index (Phi) is 5.58. The van der Waals surface area contributed by atoms with Gasteiger partial charge in [-0.15, -0.1) is 0 Å². The number of anilines is 1. The van der Waals surface area contributed by atoms with Crippen molar-refractivity contribution in [3.05, 3.63) is 64.6 Å². The van der Waals surface area contributed by atoms with E-state index in [1.807, 2.05) is 6.92 Å². The topological polar surface area (TPSA) is 51.5 Å². The number of hydrogen-bond acceptors (Lipinski definition) is 4. The lowest BCUT2D eigenvalue weighted by atomic mass is 10.2. The van der Waals surface area contributed by atoms with Crippen LogP contribution in [0.4, 0.5) is 5.69 Å². The van der Waals surface area contributed by atoms with Crippen LogP contribution >= 0.6 is 23.8 Å². The molecule has 2 aromatic rings. The summed E-state index contributed by atoms with van der Waals surface area (Å²) in [6.45, 7) is 7.44. The summed E-state index contributed by atoms with van der Waals surface area (Å²) >= 11 is 11.4. The predicted molar refractivity (Wildman–Crippen MR) is 95.3 cm³/mol. The first kappa shape index (κ1) is 17.2. The fourth-order valence-corrected chi connectivity index (χ4v) is 2.37. The van der Waals surface area contributed by atoms with Gasteiger partial charge in [-0.05, 0) is 43.7 Å². The number of nitrogens with one attached hydrogen (secondary N) is 1. The Labute approximate surface area is 145 Å². The zero-order chi connectivity index (χ0) is 17.0. The molecule has 0 unspecified atom stereocenters. The molecule has 6 heteroatoms. The lowest BCUT2D eigenvalue weighted by Gasteiger charge is -2.10. The summed E-state index contributed by atoms with van der Waals surface area (Å²) in [5.74, 6) is 0.213. The average molecular weight is 350 g/mol. The molecule has 1 aromatic carbocycles. The molecular formula is C17H16ClNO3S. The lowest BCUT2D eigenvalue weighted by Crippen LogP contribution is -2.12. The Balaban J connectivity index is 2.17. The van der Waals surface area contributed by atoms with Crippen molar-refractivity contribution in [2.75, 3.05) is 11.9 Å². The molecule has 1 aromatic heterocycles. The third kappa shape index (κ3) is 4.43. The largest absolute Gasteiger partial charge is 0.469 e. The summed E-state index contributed by atoms with van der Waals surface area (Å²) in [5, 5.41) is 3.37. The number of hydrogen-bond donors (Lipinski definition) is 1. The zero-order valence-corrected chi connectivity index (χ0v) is 14.4. The second kappa shape index (κ2) is 7.44. The van der Waals surface area contributed by atoms with Crippen molar-refractivity contribution in [1.82, 2.24) is 0 Å². The maximum Gasteiger partial charge on any atom is 0.340 e. The first-order valence-electron chi connectivity index (χ1n) is 6.85. The van der Waals surface area contributed by atoms with Crippen molar-refractivity contribution in [3.63, 3.8) is 0 Å². The Morgan fingerprint density at radius 2 is 2.13 bits per heavy atom. The summed E-state index contributed by atoms with van der Waals surface area (Å²) in [7, 11) is 0. The van der Waals surface area contributed by atoms with Crippen molar-refractivity contribution in [2.24, 2.45) is 0 Å². The summed E-state index contributed by atoms with van der Waals surface area (Å²) in [6, 6.07) is 6.74. The maximum absolute atomic E-state index is 12.1. The zero-order valence-electron chi connectivity index (χ0n) is 12.8. The number of rotatable bonds is 5. The molecule has 0 aliphatic carbocycles. The normalized spacial score (nSPS) is 10.2. The van der Waals surface area contributed by atoms with Gasteiger partial charge < -0.3 is 14.5 Å². The van der Waals surface area contributed by atoms with Crippen LogP contribution in [0.3, 0.4) is 0 Å². The minimum absolute atomic E-state index is 0.152. The molecule has 0 spiro atoms. The van der Waals surface area contributed by atoms with E-state index in [2.05, 4.69) is 11.9 Å². The maximum atomic E-state index is 12.1. The highest BCUT2D eigenvalue weighted by Gasteiger charge is 2.14. The number of halogens is 1. The number of carbonyl (C=O) groups is 1. The number of ether oxygens (including phenoxy) is 1. The summed E-state index contributed by atoms with van der Waals surface area (Å²) < 4.78 is 10.4. The molecule has 0 radical (unpaired) electrons. The minimum atomic E-state index is -0.507. The molecule has 1 N–H and O–H groups in total. The Morgan fingerprint density at radius 3 is 2.74 bits per heavy atom. The monoisotopic (exact) mass is 349 g/mol. The first-order chi connectivity index (χ1) is 10.9. The molecule has 0 atom stereocenters. The molecule has 2 rings (SSSR count). The van der Waals surface area contributed by atoms with Gasteiger partial charge in [-0.1, -0.05) is 30.4 Å². The number of benzene rings is 1. The first-order valence-corrected chi connectivity index (χ1v) is 7.63. The van der Waals surface area contributed by atoms with Crippen LogP contribution in [0.2, 0.25) is 5.02 Å². The molecule has 0 aliphatic rings. The van der Waals surface area contributed by atoms with Crippen LogP contribution in [-0.2, 0) is 4.74 Å². The smallest absolute Gasteiger partial charge is 0.340 e. The Bertz CT molecular complexity index is 767. The van der Waals surface area contributed by atoms with Gasteiger partial charge >= 0.3 is 5.97 Å². The van der Waals surface area contributed by atoms with Gasteiger partial charge in [0.15, 0.2) is 0 Å². The van der Waals surface area contributed by atoms with Crippen LogP contribution in [0, 0.1) is 6.92 Å². The van der Waals surface area contributed by atoms with Crippen molar-refractivity contribution in [3.8, 4) is 0 Å². The van der Waals surface area contributed by atoms with Crippen molar-refractivity contribution >= 4 is 40.5 Å². The van der Waals surface area contributed by atoms with Crippen molar-refractivity contribution in [2.45, 2.75) is 13.8 Å². The molecule has 0 amide bonds. The molecule has 0 fully saturated rings. The van der Waals surface area contributed by atoms with Gasteiger partial charge in [0.25, 0.3) is 0 Å². The van der Waals surface area contributed by atoms with E-state index in [0.717, 1.165) is 16.9 Å². The minimum Gasteiger partial charge on any atom is -0.469 e. The molecule has 0 saturated heterocycles. The van der Waals surface area contributed by atoms with Gasteiger partial charge in [-0.25, -0.2) is 4.79 Å². The van der Waals surface area contributed by atoms with Gasteiger partial charge in [-0.2, -0.15) is 0 Å². The van der Waals surface area contributed by atoms with Crippen LogP contribution in [0.25, 0.3) is 0 Å². The number of aryl methyl sites for hydroxylation is 1. The second-order valence-corrected chi connectivity index (χ2v) is 5.89. The quantitative estimate of drug-likeness (QED) is 0.479. The highest BCUT2D eigenvalue weighted by atomic mass is 35.5. The van der Waals surface area contributed by atoms with E-state index < -0.39 is 5.97 Å². The average Bonchev–Trinajstić information content (AvgIpc) is 2.93. The SMILES string of the molecule is C=C(C)COC(=O)c1cc(NC(=S)c2ccoc2C)ccc1Cl. The lowest BCUT2D eigenvalue weighted by molar-refractivity contribution is 0.0540. The Hall–Kier alpha value is -2.11. The number of thiocarbonyl (C=S) groups is 1. The van der Waals surface area contributed by atoms with E-state index in [1.54, 1.807) is 37.5 Å². The van der Waals surface area contributed by atoms with Crippen LogP contribution in [0.1, 0.15) is 28.6 Å². The molecular weight excluding hydrogens is 334 g/mol. The molecule has 120 valence electrons. The fourth-order valence-electron chi connectivity index (χ4n) is 1.84. The van der Waals surface area contributed by atoms with Crippen LogP contribution in [-0.4, -0.2) is 17.6 Å². The van der Waals surface area contributed by atoms with Gasteiger partial charge in [0.2, 0.25) is 0 Å².